The quantitative estimate of drug-likeness (QED) is 0.757. The Kier molecular flexibility index (Phi) is 4.21. The van der Waals surface area contributed by atoms with Gasteiger partial charge in [-0.3, -0.25) is 9.69 Å². The number of amides is 2. The van der Waals surface area contributed by atoms with Gasteiger partial charge in [-0.1, -0.05) is 6.07 Å². The van der Waals surface area contributed by atoms with Crippen LogP contribution in [-0.4, -0.2) is 53.5 Å². The molecule has 1 saturated heterocycles. The first-order valence-corrected chi connectivity index (χ1v) is 8.60. The van der Waals surface area contributed by atoms with E-state index in [1.54, 1.807) is 11.9 Å². The molecule has 4 rings (SSSR count). The number of likely N-dealkylation sites (tertiary alicyclic amines) is 1. The monoisotopic (exact) mass is 373 g/mol. The standard InChI is InChI=1S/C18H17F2N5O2/c1-23-14(10-26)25(18(27)24-7-2-3-8-24)13-9-21-16(22-17(13)23)11-5-4-6-12(19)15(11)20/h4-6,9-10,14H,2-3,7-8H2,1H3. The van der Waals surface area contributed by atoms with E-state index in [9.17, 15) is 18.4 Å². The molecule has 27 heavy (non-hydrogen) atoms. The van der Waals surface area contributed by atoms with Crippen molar-refractivity contribution >= 4 is 23.8 Å². The maximum Gasteiger partial charge on any atom is 0.326 e. The fraction of sp³-hybridized carbons (Fsp3) is 0.333. The maximum atomic E-state index is 14.1. The lowest BCUT2D eigenvalue weighted by Crippen LogP contribution is -2.50. The van der Waals surface area contributed by atoms with E-state index in [-0.39, 0.29) is 17.4 Å². The number of halogens is 2. The number of rotatable bonds is 2. The minimum absolute atomic E-state index is 0.0160. The van der Waals surface area contributed by atoms with Gasteiger partial charge in [0.25, 0.3) is 0 Å². The average Bonchev–Trinajstić information content (AvgIpc) is 3.30. The van der Waals surface area contributed by atoms with Crippen LogP contribution in [-0.2, 0) is 4.79 Å². The van der Waals surface area contributed by atoms with Crippen molar-refractivity contribution in [1.29, 1.82) is 0 Å². The number of anilines is 2. The highest BCUT2D eigenvalue weighted by molar-refractivity contribution is 6.03. The molecule has 9 heteroatoms. The zero-order valence-corrected chi connectivity index (χ0v) is 14.6. The molecule has 2 amide bonds. The van der Waals surface area contributed by atoms with Crippen molar-refractivity contribution in [2.75, 3.05) is 29.9 Å². The second-order valence-electron chi connectivity index (χ2n) is 6.51. The van der Waals surface area contributed by atoms with E-state index in [1.165, 1.54) is 28.1 Å². The second kappa shape index (κ2) is 6.57. The lowest BCUT2D eigenvalue weighted by Gasteiger charge is -2.28. The van der Waals surface area contributed by atoms with Crippen LogP contribution in [0.5, 0.6) is 0 Å². The fourth-order valence-corrected chi connectivity index (χ4v) is 3.47. The highest BCUT2D eigenvalue weighted by atomic mass is 19.2. The zero-order chi connectivity index (χ0) is 19.1. The third kappa shape index (κ3) is 2.70. The van der Waals surface area contributed by atoms with Crippen molar-refractivity contribution in [3.63, 3.8) is 0 Å². The molecule has 2 aliphatic rings. The second-order valence-corrected chi connectivity index (χ2v) is 6.51. The zero-order valence-electron chi connectivity index (χ0n) is 14.6. The molecule has 2 aromatic rings. The SMILES string of the molecule is CN1c2nc(-c3cccc(F)c3F)ncc2N(C(=O)N2CCCC2)C1C=O. The summed E-state index contributed by atoms with van der Waals surface area (Å²) in [4.78, 5) is 37.5. The van der Waals surface area contributed by atoms with Crippen LogP contribution < -0.4 is 9.80 Å². The molecule has 1 fully saturated rings. The van der Waals surface area contributed by atoms with E-state index in [1.807, 2.05) is 0 Å². The lowest BCUT2D eigenvalue weighted by molar-refractivity contribution is -0.108. The molecule has 0 saturated carbocycles. The van der Waals surface area contributed by atoms with Crippen LogP contribution in [0.4, 0.5) is 25.1 Å². The van der Waals surface area contributed by atoms with Gasteiger partial charge < -0.3 is 9.80 Å². The molecule has 1 aromatic carbocycles. The van der Waals surface area contributed by atoms with E-state index in [2.05, 4.69) is 9.97 Å². The fourth-order valence-electron chi connectivity index (χ4n) is 3.47. The number of carbonyl (C=O) groups excluding carboxylic acids is 2. The number of hydrogen-bond acceptors (Lipinski definition) is 5. The molecule has 0 radical (unpaired) electrons. The molecule has 1 atom stereocenters. The summed E-state index contributed by atoms with van der Waals surface area (Å²) in [6, 6.07) is 3.46. The number of benzene rings is 1. The Hall–Kier alpha value is -3.10. The van der Waals surface area contributed by atoms with Gasteiger partial charge in [0.05, 0.1) is 11.8 Å². The maximum absolute atomic E-state index is 14.1. The molecular formula is C18H17F2N5O2. The highest BCUT2D eigenvalue weighted by Gasteiger charge is 2.41. The summed E-state index contributed by atoms with van der Waals surface area (Å²) < 4.78 is 27.6. The van der Waals surface area contributed by atoms with Crippen LogP contribution in [0.3, 0.4) is 0 Å². The minimum atomic E-state index is -1.05. The molecule has 7 nitrogen and oxygen atoms in total. The molecule has 0 aliphatic carbocycles. The van der Waals surface area contributed by atoms with E-state index in [4.69, 9.17) is 0 Å². The van der Waals surface area contributed by atoms with E-state index in [0.717, 1.165) is 18.9 Å². The predicted molar refractivity (Wildman–Crippen MR) is 94.3 cm³/mol. The number of aromatic nitrogens is 2. The Morgan fingerprint density at radius 3 is 2.70 bits per heavy atom. The summed E-state index contributed by atoms with van der Waals surface area (Å²) in [6.07, 6.45) is 2.99. The summed E-state index contributed by atoms with van der Waals surface area (Å²) in [5.41, 5.74) is 0.283. The summed E-state index contributed by atoms with van der Waals surface area (Å²) in [5.74, 6) is -1.75. The summed E-state index contributed by atoms with van der Waals surface area (Å²) in [7, 11) is 1.62. The Bertz CT molecular complexity index is 917. The predicted octanol–water partition coefficient (Wildman–Crippen LogP) is 2.42. The Morgan fingerprint density at radius 2 is 2.00 bits per heavy atom. The third-order valence-corrected chi connectivity index (χ3v) is 4.90. The van der Waals surface area contributed by atoms with Crippen molar-refractivity contribution in [3.05, 3.63) is 36.0 Å². The van der Waals surface area contributed by atoms with Crippen LogP contribution in [0, 0.1) is 11.6 Å². The molecular weight excluding hydrogens is 356 g/mol. The molecule has 1 aromatic heterocycles. The van der Waals surface area contributed by atoms with Crippen LogP contribution in [0.15, 0.2) is 24.4 Å². The number of hydrogen-bond donors (Lipinski definition) is 0. The van der Waals surface area contributed by atoms with Gasteiger partial charge in [-0.25, -0.2) is 23.5 Å². The summed E-state index contributed by atoms with van der Waals surface area (Å²) >= 11 is 0. The Morgan fingerprint density at radius 1 is 1.26 bits per heavy atom. The van der Waals surface area contributed by atoms with Crippen molar-refractivity contribution in [2.45, 2.75) is 19.0 Å². The molecule has 0 bridgehead atoms. The number of urea groups is 1. The number of likely N-dealkylation sites (N-methyl/N-ethyl adjacent to an activating group) is 1. The van der Waals surface area contributed by atoms with Crippen molar-refractivity contribution in [2.24, 2.45) is 0 Å². The number of nitrogens with zero attached hydrogens (tertiary/aromatic N) is 5. The summed E-state index contributed by atoms with van der Waals surface area (Å²) in [6.45, 7) is 1.26. The number of fused-ring (bicyclic) bond motifs is 1. The molecule has 1 unspecified atom stereocenters. The van der Waals surface area contributed by atoms with Gasteiger partial charge in [-0.2, -0.15) is 0 Å². The van der Waals surface area contributed by atoms with Crippen molar-refractivity contribution in [3.8, 4) is 11.4 Å². The van der Waals surface area contributed by atoms with Gasteiger partial charge in [0.15, 0.2) is 35.7 Å². The minimum Gasteiger partial charge on any atom is -0.331 e. The van der Waals surface area contributed by atoms with Crippen LogP contribution in [0.2, 0.25) is 0 Å². The van der Waals surface area contributed by atoms with Crippen LogP contribution in [0.1, 0.15) is 12.8 Å². The van der Waals surface area contributed by atoms with Crippen LogP contribution >= 0.6 is 0 Å². The van der Waals surface area contributed by atoms with Gasteiger partial charge in [-0.15, -0.1) is 0 Å². The Balaban J connectivity index is 1.77. The van der Waals surface area contributed by atoms with Crippen molar-refractivity contribution < 1.29 is 18.4 Å². The van der Waals surface area contributed by atoms with Crippen molar-refractivity contribution in [1.82, 2.24) is 14.9 Å². The Labute approximate surface area is 154 Å². The molecule has 140 valence electrons. The summed E-state index contributed by atoms with van der Waals surface area (Å²) in [5, 5.41) is 0. The van der Waals surface area contributed by atoms with Gasteiger partial charge in [-0.05, 0) is 25.0 Å². The average molecular weight is 373 g/mol. The van der Waals surface area contributed by atoms with E-state index in [0.29, 0.717) is 30.9 Å². The van der Waals surface area contributed by atoms with Crippen LogP contribution in [0.25, 0.3) is 11.4 Å². The van der Waals surface area contributed by atoms with Gasteiger partial charge in [0, 0.05) is 20.1 Å². The number of aldehydes is 1. The first-order chi connectivity index (χ1) is 13.0. The molecule has 3 heterocycles. The molecule has 0 N–H and O–H groups in total. The normalized spacial score (nSPS) is 18.8. The van der Waals surface area contributed by atoms with Gasteiger partial charge >= 0.3 is 6.03 Å². The van der Waals surface area contributed by atoms with Gasteiger partial charge in [0.2, 0.25) is 0 Å². The topological polar surface area (TPSA) is 69.6 Å². The van der Waals surface area contributed by atoms with E-state index >= 15 is 0 Å². The first-order valence-electron chi connectivity index (χ1n) is 8.60. The molecule has 0 spiro atoms. The highest BCUT2D eigenvalue weighted by Crippen LogP contribution is 2.38. The van der Waals surface area contributed by atoms with Gasteiger partial charge in [0.1, 0.15) is 5.69 Å². The first kappa shape index (κ1) is 17.3. The third-order valence-electron chi connectivity index (χ3n) is 4.90. The van der Waals surface area contributed by atoms with E-state index < -0.39 is 17.8 Å². The lowest BCUT2D eigenvalue weighted by atomic mass is 10.2. The largest absolute Gasteiger partial charge is 0.331 e. The smallest absolute Gasteiger partial charge is 0.326 e. The number of carbonyl (C=O) groups is 2. The molecule has 2 aliphatic heterocycles.